The lowest BCUT2D eigenvalue weighted by molar-refractivity contribution is -0.116. The number of ether oxygens (including phenoxy) is 1. The van der Waals surface area contributed by atoms with Crippen molar-refractivity contribution in [2.75, 3.05) is 30.3 Å². The number of carbonyl (C=O) groups excluding carboxylic acids is 2. The van der Waals surface area contributed by atoms with Crippen molar-refractivity contribution in [2.45, 2.75) is 27.7 Å². The molecular formula is C30H33N5O3. The molecule has 4 rings (SSSR count). The van der Waals surface area contributed by atoms with E-state index in [4.69, 9.17) is 9.84 Å². The van der Waals surface area contributed by atoms with Crippen LogP contribution in [0.4, 0.5) is 16.3 Å². The molecule has 3 aromatic carbocycles. The molecule has 0 aliphatic carbocycles. The summed E-state index contributed by atoms with van der Waals surface area (Å²) in [5, 5.41) is 10.7. The fourth-order valence-electron chi connectivity index (χ4n) is 4.29. The molecule has 0 bridgehead atoms. The van der Waals surface area contributed by atoms with Gasteiger partial charge < -0.3 is 20.3 Å². The Kier molecular flexibility index (Phi) is 8.43. The summed E-state index contributed by atoms with van der Waals surface area (Å²) in [5.74, 6) is 0.812. The standard InChI is InChI=1S/C30H33N5O3/c1-5-34(30(37)31-24-17-11-13-19-26(24)38-6-2)20-27(36)32-29-28(23-15-8-7-9-16-23)22(4)33-35(29)25-18-12-10-14-21(25)3/h7-19H,5-6,20H2,1-4H3,(H,31,37)(H,32,36). The number of benzene rings is 3. The van der Waals surface area contributed by atoms with Crippen LogP contribution in [0.3, 0.4) is 0 Å². The molecule has 0 aliphatic heterocycles. The van der Waals surface area contributed by atoms with Gasteiger partial charge in [-0.1, -0.05) is 60.7 Å². The molecule has 0 fully saturated rings. The van der Waals surface area contributed by atoms with Crippen LogP contribution in [0, 0.1) is 13.8 Å². The van der Waals surface area contributed by atoms with Crippen molar-refractivity contribution in [2.24, 2.45) is 0 Å². The van der Waals surface area contributed by atoms with E-state index in [-0.39, 0.29) is 18.5 Å². The molecule has 1 aromatic heterocycles. The normalized spacial score (nSPS) is 10.6. The predicted octanol–water partition coefficient (Wildman–Crippen LogP) is 6.05. The Hall–Kier alpha value is -4.59. The molecule has 4 aromatic rings. The van der Waals surface area contributed by atoms with Crippen LogP contribution in [-0.4, -0.2) is 46.3 Å². The molecule has 0 radical (unpaired) electrons. The number of amides is 3. The highest BCUT2D eigenvalue weighted by molar-refractivity contribution is 5.99. The molecule has 0 unspecified atom stereocenters. The Bertz CT molecular complexity index is 1410. The lowest BCUT2D eigenvalue weighted by atomic mass is 10.1. The third kappa shape index (κ3) is 5.86. The van der Waals surface area contributed by atoms with Gasteiger partial charge >= 0.3 is 6.03 Å². The first-order valence-electron chi connectivity index (χ1n) is 12.7. The fraction of sp³-hybridized carbons (Fsp3) is 0.233. The highest BCUT2D eigenvalue weighted by Gasteiger charge is 2.23. The number of rotatable bonds is 9. The number of carbonyl (C=O) groups is 2. The first kappa shape index (κ1) is 26.5. The lowest BCUT2D eigenvalue weighted by Crippen LogP contribution is -2.40. The van der Waals surface area contributed by atoms with E-state index in [1.54, 1.807) is 16.8 Å². The minimum Gasteiger partial charge on any atom is -0.492 e. The largest absolute Gasteiger partial charge is 0.492 e. The quantitative estimate of drug-likeness (QED) is 0.286. The van der Waals surface area contributed by atoms with Crippen molar-refractivity contribution >= 4 is 23.4 Å². The zero-order valence-electron chi connectivity index (χ0n) is 22.2. The summed E-state index contributed by atoms with van der Waals surface area (Å²) in [5.41, 5.74) is 5.00. The second-order valence-electron chi connectivity index (χ2n) is 8.80. The third-order valence-electron chi connectivity index (χ3n) is 6.16. The summed E-state index contributed by atoms with van der Waals surface area (Å²) in [7, 11) is 0. The molecule has 0 spiro atoms. The van der Waals surface area contributed by atoms with Crippen LogP contribution in [0.1, 0.15) is 25.1 Å². The van der Waals surface area contributed by atoms with E-state index >= 15 is 0 Å². The SMILES string of the molecule is CCOc1ccccc1NC(=O)N(CC)CC(=O)Nc1c(-c2ccccc2)c(C)nn1-c1ccccc1C. The van der Waals surface area contributed by atoms with Gasteiger partial charge in [0.25, 0.3) is 0 Å². The second kappa shape index (κ2) is 12.1. The minimum atomic E-state index is -0.387. The number of aromatic nitrogens is 2. The zero-order chi connectivity index (χ0) is 27.1. The van der Waals surface area contributed by atoms with Crippen molar-refractivity contribution in [1.82, 2.24) is 14.7 Å². The molecular weight excluding hydrogens is 478 g/mol. The number of anilines is 2. The highest BCUT2D eigenvalue weighted by atomic mass is 16.5. The molecule has 38 heavy (non-hydrogen) atoms. The molecule has 0 saturated carbocycles. The predicted molar refractivity (Wildman–Crippen MR) is 151 cm³/mol. The van der Waals surface area contributed by atoms with Crippen molar-refractivity contribution < 1.29 is 14.3 Å². The number of urea groups is 1. The molecule has 8 nitrogen and oxygen atoms in total. The summed E-state index contributed by atoms with van der Waals surface area (Å²) >= 11 is 0. The Balaban J connectivity index is 1.61. The van der Waals surface area contributed by atoms with E-state index in [0.29, 0.717) is 30.4 Å². The van der Waals surface area contributed by atoms with Gasteiger partial charge in [-0.2, -0.15) is 5.10 Å². The Morgan fingerprint density at radius 3 is 2.29 bits per heavy atom. The number of nitrogens with one attached hydrogen (secondary N) is 2. The Labute approximate surface area is 223 Å². The van der Waals surface area contributed by atoms with Gasteiger partial charge in [0.2, 0.25) is 5.91 Å². The number of aryl methyl sites for hydroxylation is 2. The molecule has 3 amide bonds. The maximum atomic E-state index is 13.4. The maximum absolute atomic E-state index is 13.4. The molecule has 0 saturated heterocycles. The summed E-state index contributed by atoms with van der Waals surface area (Å²) in [6.45, 7) is 8.33. The number of likely N-dealkylation sites (N-methyl/N-ethyl adjacent to an activating group) is 1. The topological polar surface area (TPSA) is 88.5 Å². The molecule has 2 N–H and O–H groups in total. The number of nitrogens with zero attached hydrogens (tertiary/aromatic N) is 3. The van der Waals surface area contributed by atoms with E-state index < -0.39 is 0 Å². The fourth-order valence-corrected chi connectivity index (χ4v) is 4.29. The van der Waals surface area contributed by atoms with Crippen LogP contribution >= 0.6 is 0 Å². The Morgan fingerprint density at radius 1 is 0.895 bits per heavy atom. The maximum Gasteiger partial charge on any atom is 0.322 e. The first-order valence-corrected chi connectivity index (χ1v) is 12.7. The van der Waals surface area contributed by atoms with Gasteiger partial charge in [0, 0.05) is 12.1 Å². The van der Waals surface area contributed by atoms with Gasteiger partial charge in [-0.25, -0.2) is 9.48 Å². The first-order chi connectivity index (χ1) is 18.4. The smallest absolute Gasteiger partial charge is 0.322 e. The van der Waals surface area contributed by atoms with Crippen LogP contribution in [0.2, 0.25) is 0 Å². The summed E-state index contributed by atoms with van der Waals surface area (Å²) in [6.07, 6.45) is 0. The summed E-state index contributed by atoms with van der Waals surface area (Å²) < 4.78 is 7.37. The minimum absolute atomic E-state index is 0.134. The van der Waals surface area contributed by atoms with Crippen molar-refractivity contribution in [3.8, 4) is 22.6 Å². The monoisotopic (exact) mass is 511 g/mol. The van der Waals surface area contributed by atoms with E-state index in [0.717, 1.165) is 28.1 Å². The number of hydrogen-bond donors (Lipinski definition) is 2. The van der Waals surface area contributed by atoms with Gasteiger partial charge in [0.15, 0.2) is 0 Å². The molecule has 0 atom stereocenters. The van der Waals surface area contributed by atoms with Crippen LogP contribution in [0.15, 0.2) is 78.9 Å². The van der Waals surface area contributed by atoms with E-state index in [1.807, 2.05) is 94.4 Å². The second-order valence-corrected chi connectivity index (χ2v) is 8.80. The molecule has 0 aliphatic rings. The molecule has 1 heterocycles. The molecule has 8 heteroatoms. The van der Waals surface area contributed by atoms with E-state index in [9.17, 15) is 9.59 Å². The average Bonchev–Trinajstić information content (AvgIpc) is 3.24. The van der Waals surface area contributed by atoms with Crippen LogP contribution < -0.4 is 15.4 Å². The van der Waals surface area contributed by atoms with Gasteiger partial charge in [-0.15, -0.1) is 0 Å². The number of hydrogen-bond acceptors (Lipinski definition) is 4. The van der Waals surface area contributed by atoms with Gasteiger partial charge in [0.1, 0.15) is 18.1 Å². The third-order valence-corrected chi connectivity index (χ3v) is 6.16. The zero-order valence-corrected chi connectivity index (χ0v) is 22.2. The van der Waals surface area contributed by atoms with Gasteiger partial charge in [-0.3, -0.25) is 4.79 Å². The van der Waals surface area contributed by atoms with Crippen molar-refractivity contribution in [3.63, 3.8) is 0 Å². The van der Waals surface area contributed by atoms with Gasteiger partial charge in [-0.05, 0) is 57.0 Å². The molecule has 196 valence electrons. The van der Waals surface area contributed by atoms with Gasteiger partial charge in [0.05, 0.1) is 23.7 Å². The van der Waals surface area contributed by atoms with Crippen molar-refractivity contribution in [1.29, 1.82) is 0 Å². The van der Waals surface area contributed by atoms with Crippen LogP contribution in [0.5, 0.6) is 5.75 Å². The summed E-state index contributed by atoms with van der Waals surface area (Å²) in [4.78, 5) is 27.9. The number of para-hydroxylation sites is 3. The van der Waals surface area contributed by atoms with E-state index in [2.05, 4.69) is 10.6 Å². The average molecular weight is 512 g/mol. The highest BCUT2D eigenvalue weighted by Crippen LogP contribution is 2.34. The van der Waals surface area contributed by atoms with Crippen LogP contribution in [-0.2, 0) is 4.79 Å². The van der Waals surface area contributed by atoms with E-state index in [1.165, 1.54) is 4.90 Å². The lowest BCUT2D eigenvalue weighted by Gasteiger charge is -2.22. The Morgan fingerprint density at radius 2 is 1.58 bits per heavy atom. The summed E-state index contributed by atoms with van der Waals surface area (Å²) in [6, 6.07) is 24.6. The van der Waals surface area contributed by atoms with Crippen molar-refractivity contribution in [3.05, 3.63) is 90.1 Å². The van der Waals surface area contributed by atoms with Crippen LogP contribution in [0.25, 0.3) is 16.8 Å².